The van der Waals surface area contributed by atoms with Crippen LogP contribution in [0.2, 0.25) is 0 Å². The third kappa shape index (κ3) is 3.21. The second-order valence-corrected chi connectivity index (χ2v) is 5.49. The van der Waals surface area contributed by atoms with Crippen LogP contribution in [0, 0.1) is 6.92 Å². The van der Waals surface area contributed by atoms with E-state index in [2.05, 4.69) is 22.4 Å². The van der Waals surface area contributed by atoms with Crippen molar-refractivity contribution in [2.24, 2.45) is 0 Å². The Labute approximate surface area is 94.2 Å². The quantitative estimate of drug-likeness (QED) is 0.842. The molecular formula is C10H17N3OS. The number of hydrogen-bond acceptors (Lipinski definition) is 5. The van der Waals surface area contributed by atoms with Gasteiger partial charge in [-0.2, -0.15) is 16.7 Å². The van der Waals surface area contributed by atoms with Crippen molar-refractivity contribution in [2.45, 2.75) is 38.0 Å². The molecule has 1 fully saturated rings. The van der Waals surface area contributed by atoms with E-state index in [1.54, 1.807) is 0 Å². The molecular weight excluding hydrogens is 210 g/mol. The van der Waals surface area contributed by atoms with Crippen molar-refractivity contribution in [1.29, 1.82) is 0 Å². The topological polar surface area (TPSA) is 51.0 Å². The Morgan fingerprint density at radius 1 is 1.60 bits per heavy atom. The maximum Gasteiger partial charge on any atom is 0.227 e. The van der Waals surface area contributed by atoms with E-state index >= 15 is 0 Å². The molecule has 0 radical (unpaired) electrons. The molecule has 2 atom stereocenters. The predicted molar refractivity (Wildman–Crippen MR) is 61.1 cm³/mol. The molecule has 1 aliphatic rings. The highest BCUT2D eigenvalue weighted by atomic mass is 32.2. The van der Waals surface area contributed by atoms with Crippen LogP contribution in [0.4, 0.5) is 0 Å². The second kappa shape index (κ2) is 4.99. The molecule has 0 aliphatic carbocycles. The number of rotatable bonds is 4. The number of nitrogens with zero attached hydrogens (tertiary/aromatic N) is 2. The van der Waals surface area contributed by atoms with Crippen molar-refractivity contribution in [3.8, 4) is 0 Å². The molecule has 0 saturated carbocycles. The first kappa shape index (κ1) is 11.0. The van der Waals surface area contributed by atoms with E-state index in [-0.39, 0.29) is 0 Å². The van der Waals surface area contributed by atoms with Gasteiger partial charge < -0.3 is 9.84 Å². The zero-order chi connectivity index (χ0) is 10.7. The van der Waals surface area contributed by atoms with Gasteiger partial charge in [-0.1, -0.05) is 12.1 Å². The highest BCUT2D eigenvalue weighted by molar-refractivity contribution is 8.00. The molecule has 0 bridgehead atoms. The van der Waals surface area contributed by atoms with E-state index in [1.165, 1.54) is 12.2 Å². The molecule has 15 heavy (non-hydrogen) atoms. The molecule has 2 unspecified atom stereocenters. The Morgan fingerprint density at radius 2 is 2.47 bits per heavy atom. The van der Waals surface area contributed by atoms with Crippen molar-refractivity contribution < 1.29 is 4.52 Å². The molecule has 4 nitrogen and oxygen atoms in total. The van der Waals surface area contributed by atoms with Gasteiger partial charge in [0.1, 0.15) is 0 Å². The minimum absolute atomic E-state index is 0.661. The van der Waals surface area contributed by atoms with Crippen molar-refractivity contribution in [3.05, 3.63) is 11.7 Å². The molecule has 1 saturated heterocycles. The zero-order valence-electron chi connectivity index (χ0n) is 9.19. The fourth-order valence-corrected chi connectivity index (χ4v) is 2.97. The van der Waals surface area contributed by atoms with Crippen molar-refractivity contribution >= 4 is 11.8 Å². The summed E-state index contributed by atoms with van der Waals surface area (Å²) in [6.07, 6.45) is 2.10. The van der Waals surface area contributed by atoms with Crippen molar-refractivity contribution in [2.75, 3.05) is 12.3 Å². The average molecular weight is 227 g/mol. The summed E-state index contributed by atoms with van der Waals surface area (Å²) in [5, 5.41) is 8.08. The third-order valence-corrected chi connectivity index (χ3v) is 3.90. The highest BCUT2D eigenvalue weighted by Gasteiger charge is 2.20. The first-order valence-corrected chi connectivity index (χ1v) is 6.43. The Balaban J connectivity index is 1.67. The van der Waals surface area contributed by atoms with Gasteiger partial charge in [-0.3, -0.25) is 0 Å². The van der Waals surface area contributed by atoms with Crippen LogP contribution in [0.1, 0.15) is 25.1 Å². The van der Waals surface area contributed by atoms with Crippen LogP contribution in [0.3, 0.4) is 0 Å². The van der Waals surface area contributed by atoms with E-state index in [9.17, 15) is 0 Å². The molecule has 2 rings (SSSR count). The van der Waals surface area contributed by atoms with Gasteiger partial charge in [0, 0.05) is 30.0 Å². The Hall–Kier alpha value is -0.550. The third-order valence-electron chi connectivity index (χ3n) is 2.54. The lowest BCUT2D eigenvalue weighted by atomic mass is 10.2. The maximum atomic E-state index is 5.04. The number of aryl methyl sites for hydroxylation is 1. The lowest BCUT2D eigenvalue weighted by molar-refractivity contribution is 0.369. The SMILES string of the molecule is Cc1noc(CCNC2CSC(C)C2)n1. The Morgan fingerprint density at radius 3 is 3.07 bits per heavy atom. The Kier molecular flexibility index (Phi) is 3.64. The molecule has 1 aromatic rings. The molecule has 0 amide bonds. The molecule has 0 spiro atoms. The molecule has 1 aliphatic heterocycles. The van der Waals surface area contributed by atoms with Gasteiger partial charge in [-0.15, -0.1) is 0 Å². The molecule has 84 valence electrons. The standard InChI is InChI=1S/C10H17N3OS/c1-7-5-9(6-15-7)11-4-3-10-12-8(2)13-14-10/h7,9,11H,3-6H2,1-2H3. The Bertz CT molecular complexity index is 315. The van der Waals surface area contributed by atoms with E-state index in [0.717, 1.165) is 29.9 Å². The van der Waals surface area contributed by atoms with Gasteiger partial charge in [0.15, 0.2) is 5.82 Å². The van der Waals surface area contributed by atoms with Crippen LogP contribution < -0.4 is 5.32 Å². The predicted octanol–water partition coefficient (Wildman–Crippen LogP) is 1.40. The van der Waals surface area contributed by atoms with Crippen LogP contribution in [0.15, 0.2) is 4.52 Å². The van der Waals surface area contributed by atoms with Crippen molar-refractivity contribution in [3.63, 3.8) is 0 Å². The molecule has 2 heterocycles. The van der Waals surface area contributed by atoms with Gasteiger partial charge in [0.25, 0.3) is 0 Å². The van der Waals surface area contributed by atoms with Crippen molar-refractivity contribution in [1.82, 2.24) is 15.5 Å². The first-order valence-electron chi connectivity index (χ1n) is 5.38. The number of nitrogens with one attached hydrogen (secondary N) is 1. The minimum Gasteiger partial charge on any atom is -0.339 e. The van der Waals surface area contributed by atoms with E-state index in [0.29, 0.717) is 6.04 Å². The van der Waals surface area contributed by atoms with E-state index < -0.39 is 0 Å². The van der Waals surface area contributed by atoms with E-state index in [4.69, 9.17) is 4.52 Å². The summed E-state index contributed by atoms with van der Waals surface area (Å²) in [6.45, 7) is 5.06. The molecule has 5 heteroatoms. The molecule has 0 aromatic carbocycles. The summed E-state index contributed by atoms with van der Waals surface area (Å²) in [4.78, 5) is 4.17. The summed E-state index contributed by atoms with van der Waals surface area (Å²) >= 11 is 2.04. The fraction of sp³-hybridized carbons (Fsp3) is 0.800. The summed E-state index contributed by atoms with van der Waals surface area (Å²) in [6, 6.07) is 0.661. The maximum absolute atomic E-state index is 5.04. The van der Waals surface area contributed by atoms with Gasteiger partial charge in [0.05, 0.1) is 0 Å². The van der Waals surface area contributed by atoms with Crippen LogP contribution in [0.5, 0.6) is 0 Å². The van der Waals surface area contributed by atoms with Crippen LogP contribution in [-0.2, 0) is 6.42 Å². The monoisotopic (exact) mass is 227 g/mol. The second-order valence-electron chi connectivity index (χ2n) is 4.02. The lowest BCUT2D eigenvalue weighted by Gasteiger charge is -2.09. The number of hydrogen-bond donors (Lipinski definition) is 1. The lowest BCUT2D eigenvalue weighted by Crippen LogP contribution is -2.30. The molecule has 1 N–H and O–H groups in total. The summed E-state index contributed by atoms with van der Waals surface area (Å²) in [5.41, 5.74) is 0. The van der Waals surface area contributed by atoms with Crippen LogP contribution >= 0.6 is 11.8 Å². The van der Waals surface area contributed by atoms with Gasteiger partial charge in [-0.05, 0) is 13.3 Å². The van der Waals surface area contributed by atoms with Crippen LogP contribution in [0.25, 0.3) is 0 Å². The fourth-order valence-electron chi connectivity index (χ4n) is 1.78. The van der Waals surface area contributed by atoms with Gasteiger partial charge in [0.2, 0.25) is 5.89 Å². The van der Waals surface area contributed by atoms with Crippen LogP contribution in [-0.4, -0.2) is 33.7 Å². The number of thioether (sulfide) groups is 1. The zero-order valence-corrected chi connectivity index (χ0v) is 10.0. The normalized spacial score (nSPS) is 26.0. The summed E-state index contributed by atoms with van der Waals surface area (Å²) < 4.78 is 5.04. The van der Waals surface area contributed by atoms with E-state index in [1.807, 2.05) is 18.7 Å². The van der Waals surface area contributed by atoms with Gasteiger partial charge in [-0.25, -0.2) is 0 Å². The summed E-state index contributed by atoms with van der Waals surface area (Å²) in [5.74, 6) is 2.68. The number of aromatic nitrogens is 2. The molecule has 1 aromatic heterocycles. The highest BCUT2D eigenvalue weighted by Crippen LogP contribution is 2.25. The smallest absolute Gasteiger partial charge is 0.227 e. The average Bonchev–Trinajstić information content (AvgIpc) is 2.76. The largest absolute Gasteiger partial charge is 0.339 e. The van der Waals surface area contributed by atoms with Gasteiger partial charge >= 0.3 is 0 Å². The first-order chi connectivity index (χ1) is 7.24. The minimum atomic E-state index is 0.661. The summed E-state index contributed by atoms with van der Waals surface area (Å²) in [7, 11) is 0.